The van der Waals surface area contributed by atoms with Crippen molar-refractivity contribution >= 4 is 16.2 Å². The highest BCUT2D eigenvalue weighted by atomic mass is 32.2. The van der Waals surface area contributed by atoms with Crippen molar-refractivity contribution < 1.29 is 17.9 Å². The average Bonchev–Trinajstić information content (AvgIpc) is 2.44. The molecule has 0 unspecified atom stereocenters. The predicted octanol–water partition coefficient (Wildman–Crippen LogP) is -0.200. The largest absolute Gasteiger partial charge is 0.469 e. The zero-order valence-electron chi connectivity index (χ0n) is 12.5. The summed E-state index contributed by atoms with van der Waals surface area (Å²) < 4.78 is 32.6. The van der Waals surface area contributed by atoms with Crippen LogP contribution in [0, 0.1) is 0 Å². The molecular formula is C12H25N3O4S. The Kier molecular flexibility index (Phi) is 6.87. The number of esters is 1. The molecule has 0 radical (unpaired) electrons. The van der Waals surface area contributed by atoms with Crippen molar-refractivity contribution in [1.82, 2.24) is 13.9 Å². The van der Waals surface area contributed by atoms with Gasteiger partial charge in [-0.05, 0) is 32.5 Å². The molecule has 1 aliphatic heterocycles. The van der Waals surface area contributed by atoms with Gasteiger partial charge in [0.15, 0.2) is 0 Å². The quantitative estimate of drug-likeness (QED) is 0.659. The molecular weight excluding hydrogens is 282 g/mol. The molecule has 1 rings (SSSR count). The number of likely N-dealkylation sites (tertiary alicyclic amines) is 1. The van der Waals surface area contributed by atoms with E-state index >= 15 is 0 Å². The maximum atomic E-state index is 12.1. The molecule has 1 saturated heterocycles. The molecule has 0 bridgehead atoms. The van der Waals surface area contributed by atoms with Gasteiger partial charge in [-0.2, -0.15) is 17.4 Å². The van der Waals surface area contributed by atoms with Crippen LogP contribution in [0.3, 0.4) is 0 Å². The van der Waals surface area contributed by atoms with Crippen LogP contribution in [0.4, 0.5) is 0 Å². The van der Waals surface area contributed by atoms with Crippen LogP contribution in [0.15, 0.2) is 0 Å². The van der Waals surface area contributed by atoms with Gasteiger partial charge in [0.2, 0.25) is 0 Å². The van der Waals surface area contributed by atoms with Crippen LogP contribution in [0.25, 0.3) is 0 Å². The lowest BCUT2D eigenvalue weighted by atomic mass is 10.1. The molecule has 0 aromatic carbocycles. The van der Waals surface area contributed by atoms with Gasteiger partial charge < -0.3 is 9.64 Å². The number of rotatable bonds is 7. The van der Waals surface area contributed by atoms with Gasteiger partial charge in [-0.25, -0.2) is 0 Å². The Bertz CT molecular complexity index is 405. The van der Waals surface area contributed by atoms with E-state index in [1.165, 1.54) is 14.2 Å². The van der Waals surface area contributed by atoms with Gasteiger partial charge in [-0.3, -0.25) is 4.79 Å². The van der Waals surface area contributed by atoms with Crippen molar-refractivity contribution in [2.24, 2.45) is 0 Å². The molecule has 1 heterocycles. The van der Waals surface area contributed by atoms with Crippen LogP contribution in [-0.4, -0.2) is 70.0 Å². The number of carbonyl (C=O) groups is 1. The number of carbonyl (C=O) groups excluding carboxylic acids is 1. The van der Waals surface area contributed by atoms with Crippen molar-refractivity contribution in [3.05, 3.63) is 0 Å². The zero-order chi connectivity index (χ0) is 15.2. The third-order valence-corrected chi connectivity index (χ3v) is 5.25. The van der Waals surface area contributed by atoms with Gasteiger partial charge in [0.1, 0.15) is 0 Å². The van der Waals surface area contributed by atoms with E-state index < -0.39 is 16.2 Å². The lowest BCUT2D eigenvalue weighted by Crippen LogP contribution is -2.48. The standard InChI is InChI=1S/C12H25N3O4S/c1-4-15-9-5-11(6-10-15)13-20(17,18)14(2)8-7-12(16)19-3/h11,13H,4-10H2,1-3H3. The molecule has 0 aliphatic carbocycles. The maximum absolute atomic E-state index is 12.1. The van der Waals surface area contributed by atoms with Crippen molar-refractivity contribution in [3.8, 4) is 0 Å². The second-order valence-corrected chi connectivity index (χ2v) is 6.79. The summed E-state index contributed by atoms with van der Waals surface area (Å²) in [6.07, 6.45) is 1.69. The molecule has 118 valence electrons. The smallest absolute Gasteiger partial charge is 0.306 e. The monoisotopic (exact) mass is 307 g/mol. The van der Waals surface area contributed by atoms with Crippen molar-refractivity contribution in [2.75, 3.05) is 40.3 Å². The fraction of sp³-hybridized carbons (Fsp3) is 0.917. The van der Waals surface area contributed by atoms with Gasteiger partial charge in [0.05, 0.1) is 13.5 Å². The number of nitrogens with zero attached hydrogens (tertiary/aromatic N) is 2. The van der Waals surface area contributed by atoms with Crippen molar-refractivity contribution in [2.45, 2.75) is 32.2 Å². The first-order chi connectivity index (χ1) is 9.39. The lowest BCUT2D eigenvalue weighted by molar-refractivity contribution is -0.140. The number of hydrogen-bond acceptors (Lipinski definition) is 5. The molecule has 0 saturated carbocycles. The van der Waals surface area contributed by atoms with E-state index in [9.17, 15) is 13.2 Å². The van der Waals surface area contributed by atoms with E-state index in [-0.39, 0.29) is 19.0 Å². The van der Waals surface area contributed by atoms with E-state index in [0.717, 1.165) is 36.8 Å². The molecule has 8 heteroatoms. The minimum Gasteiger partial charge on any atom is -0.469 e. The van der Waals surface area contributed by atoms with Gasteiger partial charge in [-0.1, -0.05) is 6.92 Å². The third kappa shape index (κ3) is 5.35. The third-order valence-electron chi connectivity index (χ3n) is 3.62. The van der Waals surface area contributed by atoms with E-state index in [1.807, 2.05) is 0 Å². The summed E-state index contributed by atoms with van der Waals surface area (Å²) in [5, 5.41) is 0. The first-order valence-electron chi connectivity index (χ1n) is 6.91. The molecule has 20 heavy (non-hydrogen) atoms. The summed E-state index contributed by atoms with van der Waals surface area (Å²) in [5.41, 5.74) is 0. The van der Waals surface area contributed by atoms with Crippen LogP contribution in [0.2, 0.25) is 0 Å². The highest BCUT2D eigenvalue weighted by Gasteiger charge is 2.25. The van der Waals surface area contributed by atoms with Gasteiger partial charge in [0, 0.05) is 19.6 Å². The number of nitrogens with one attached hydrogen (secondary N) is 1. The van der Waals surface area contributed by atoms with Gasteiger partial charge >= 0.3 is 5.97 Å². The van der Waals surface area contributed by atoms with Crippen LogP contribution in [0.1, 0.15) is 26.2 Å². The molecule has 0 spiro atoms. The van der Waals surface area contributed by atoms with Crippen LogP contribution >= 0.6 is 0 Å². The summed E-state index contributed by atoms with van der Waals surface area (Å²) in [5.74, 6) is -0.414. The Labute approximate surface area is 121 Å². The van der Waals surface area contributed by atoms with E-state index in [0.29, 0.717) is 0 Å². The Balaban J connectivity index is 2.42. The van der Waals surface area contributed by atoms with Crippen LogP contribution in [0.5, 0.6) is 0 Å². The first-order valence-corrected chi connectivity index (χ1v) is 8.35. The minimum absolute atomic E-state index is 0.0247. The highest BCUT2D eigenvalue weighted by molar-refractivity contribution is 7.87. The van der Waals surface area contributed by atoms with Crippen molar-refractivity contribution in [3.63, 3.8) is 0 Å². The Morgan fingerprint density at radius 1 is 1.40 bits per heavy atom. The fourth-order valence-electron chi connectivity index (χ4n) is 2.14. The summed E-state index contributed by atoms with van der Waals surface area (Å²) in [7, 11) is -0.778. The van der Waals surface area contributed by atoms with Crippen LogP contribution in [-0.2, 0) is 19.7 Å². The molecule has 1 N–H and O–H groups in total. The first kappa shape index (κ1) is 17.4. The molecule has 0 aromatic rings. The second kappa shape index (κ2) is 7.92. The Morgan fingerprint density at radius 2 is 2.00 bits per heavy atom. The Morgan fingerprint density at radius 3 is 2.50 bits per heavy atom. The highest BCUT2D eigenvalue weighted by Crippen LogP contribution is 2.11. The Hall–Kier alpha value is -0.700. The average molecular weight is 307 g/mol. The molecule has 0 aromatic heterocycles. The van der Waals surface area contributed by atoms with Gasteiger partial charge in [-0.15, -0.1) is 0 Å². The molecule has 0 amide bonds. The molecule has 0 atom stereocenters. The normalized spacial score (nSPS) is 18.4. The van der Waals surface area contributed by atoms with Crippen LogP contribution < -0.4 is 4.72 Å². The summed E-state index contributed by atoms with van der Waals surface area (Å²) >= 11 is 0. The molecule has 1 aliphatic rings. The predicted molar refractivity (Wildman–Crippen MR) is 76.5 cm³/mol. The maximum Gasteiger partial charge on any atom is 0.306 e. The number of piperidine rings is 1. The zero-order valence-corrected chi connectivity index (χ0v) is 13.3. The molecule has 7 nitrogen and oxygen atoms in total. The number of hydrogen-bond donors (Lipinski definition) is 1. The number of ether oxygens (including phenoxy) is 1. The van der Waals surface area contributed by atoms with Crippen molar-refractivity contribution in [1.29, 1.82) is 0 Å². The molecule has 1 fully saturated rings. The second-order valence-electron chi connectivity index (χ2n) is 4.98. The topological polar surface area (TPSA) is 79.0 Å². The lowest BCUT2D eigenvalue weighted by Gasteiger charge is -2.32. The summed E-state index contributed by atoms with van der Waals surface area (Å²) in [4.78, 5) is 13.3. The van der Waals surface area contributed by atoms with E-state index in [4.69, 9.17) is 0 Å². The SMILES string of the molecule is CCN1CCC(NS(=O)(=O)N(C)CCC(=O)OC)CC1. The van der Waals surface area contributed by atoms with E-state index in [1.54, 1.807) is 0 Å². The summed E-state index contributed by atoms with van der Waals surface area (Å²) in [6, 6.07) is -0.0247. The fourth-order valence-corrected chi connectivity index (χ4v) is 3.31. The van der Waals surface area contributed by atoms with E-state index in [2.05, 4.69) is 21.3 Å². The summed E-state index contributed by atoms with van der Waals surface area (Å²) in [6.45, 7) is 5.05. The number of methoxy groups -OCH3 is 1. The van der Waals surface area contributed by atoms with Gasteiger partial charge in [0.25, 0.3) is 10.2 Å². The minimum atomic E-state index is -3.53.